The van der Waals surface area contributed by atoms with Crippen LogP contribution in [0.4, 0.5) is 5.82 Å². The number of anilines is 1. The van der Waals surface area contributed by atoms with Crippen LogP contribution in [0.1, 0.15) is 19.8 Å². The van der Waals surface area contributed by atoms with Crippen LogP contribution < -0.4 is 5.32 Å². The lowest BCUT2D eigenvalue weighted by Crippen LogP contribution is -2.33. The number of nitrogens with one attached hydrogen (secondary N) is 1. The van der Waals surface area contributed by atoms with Crippen LogP contribution >= 0.6 is 0 Å². The topological polar surface area (TPSA) is 47.3 Å². The fourth-order valence-electron chi connectivity index (χ4n) is 2.37. The van der Waals surface area contributed by atoms with E-state index < -0.39 is 0 Å². The van der Waals surface area contributed by atoms with Gasteiger partial charge in [0.15, 0.2) is 0 Å². The van der Waals surface area contributed by atoms with Crippen molar-refractivity contribution in [2.45, 2.75) is 19.8 Å². The van der Waals surface area contributed by atoms with Crippen LogP contribution in [0.5, 0.6) is 0 Å². The normalized spacial score (nSPS) is 18.9. The molecule has 0 atom stereocenters. The van der Waals surface area contributed by atoms with Gasteiger partial charge in [-0.25, -0.2) is 4.98 Å². The Bertz CT molecular complexity index is 529. The van der Waals surface area contributed by atoms with E-state index in [0.29, 0.717) is 5.41 Å². The van der Waals surface area contributed by atoms with Gasteiger partial charge in [0.25, 0.3) is 0 Å². The molecule has 4 heteroatoms. The third kappa shape index (κ3) is 2.20. The second-order valence-electron chi connectivity index (χ2n) is 5.27. The SMILES string of the molecule is CC1(CNc2nccc3occc23)CCOCC1. The Balaban J connectivity index is 1.74. The predicted molar refractivity (Wildman–Crippen MR) is 70.7 cm³/mol. The molecular weight excluding hydrogens is 228 g/mol. The summed E-state index contributed by atoms with van der Waals surface area (Å²) in [7, 11) is 0. The molecule has 0 unspecified atom stereocenters. The Kier molecular flexibility index (Phi) is 2.96. The Morgan fingerprint density at radius 2 is 2.17 bits per heavy atom. The minimum absolute atomic E-state index is 0.297. The maximum atomic E-state index is 5.42. The van der Waals surface area contributed by atoms with Crippen LogP contribution in [-0.2, 0) is 4.74 Å². The molecule has 3 rings (SSSR count). The van der Waals surface area contributed by atoms with Crippen LogP contribution in [0.15, 0.2) is 29.0 Å². The first-order chi connectivity index (χ1) is 8.77. The standard InChI is InChI=1S/C14H18N2O2/c1-14(4-8-17-9-5-14)10-16-13-11-3-7-18-12(11)2-6-15-13/h2-3,6-7H,4-5,8-10H2,1H3,(H,15,16). The molecule has 0 aliphatic carbocycles. The molecule has 1 N–H and O–H groups in total. The number of aromatic nitrogens is 1. The van der Waals surface area contributed by atoms with Crippen LogP contribution in [0.25, 0.3) is 11.0 Å². The predicted octanol–water partition coefficient (Wildman–Crippen LogP) is 3.06. The highest BCUT2D eigenvalue weighted by atomic mass is 16.5. The Morgan fingerprint density at radius 3 is 3.00 bits per heavy atom. The van der Waals surface area contributed by atoms with Crippen LogP contribution in [0.2, 0.25) is 0 Å². The number of hydrogen-bond donors (Lipinski definition) is 1. The average molecular weight is 246 g/mol. The number of fused-ring (bicyclic) bond motifs is 1. The summed E-state index contributed by atoms with van der Waals surface area (Å²) in [6, 6.07) is 3.84. The lowest BCUT2D eigenvalue weighted by atomic mass is 9.82. The number of nitrogens with zero attached hydrogens (tertiary/aromatic N) is 1. The van der Waals surface area contributed by atoms with E-state index in [0.717, 1.165) is 49.4 Å². The number of hydrogen-bond acceptors (Lipinski definition) is 4. The highest BCUT2D eigenvalue weighted by Crippen LogP contribution is 2.31. The van der Waals surface area contributed by atoms with Crippen molar-refractivity contribution < 1.29 is 9.15 Å². The lowest BCUT2D eigenvalue weighted by molar-refractivity contribution is 0.0300. The number of furan rings is 1. The minimum atomic E-state index is 0.297. The molecule has 2 aromatic heterocycles. The van der Waals surface area contributed by atoms with Crippen LogP contribution in [0, 0.1) is 5.41 Å². The molecule has 3 heterocycles. The van der Waals surface area contributed by atoms with Gasteiger partial charge in [-0.2, -0.15) is 0 Å². The van der Waals surface area contributed by atoms with Gasteiger partial charge in [0.1, 0.15) is 11.4 Å². The molecule has 0 saturated carbocycles. The Labute approximate surface area is 106 Å². The van der Waals surface area contributed by atoms with Gasteiger partial charge in [-0.1, -0.05) is 6.92 Å². The number of rotatable bonds is 3. The lowest BCUT2D eigenvalue weighted by Gasteiger charge is -2.33. The van der Waals surface area contributed by atoms with Crippen molar-refractivity contribution in [2.75, 3.05) is 25.1 Å². The first kappa shape index (κ1) is 11.5. The molecule has 4 nitrogen and oxygen atoms in total. The van der Waals surface area contributed by atoms with Crippen molar-refractivity contribution in [1.29, 1.82) is 0 Å². The summed E-state index contributed by atoms with van der Waals surface area (Å²) in [5.74, 6) is 0.911. The van der Waals surface area contributed by atoms with Crippen molar-refractivity contribution in [3.63, 3.8) is 0 Å². The van der Waals surface area contributed by atoms with Gasteiger partial charge in [0, 0.05) is 26.0 Å². The molecular formula is C14H18N2O2. The summed E-state index contributed by atoms with van der Waals surface area (Å²) in [4.78, 5) is 4.39. The van der Waals surface area contributed by atoms with E-state index in [-0.39, 0.29) is 0 Å². The third-order valence-electron chi connectivity index (χ3n) is 3.76. The fraction of sp³-hybridized carbons (Fsp3) is 0.500. The summed E-state index contributed by atoms with van der Waals surface area (Å²) in [6.07, 6.45) is 5.68. The molecule has 1 aliphatic rings. The maximum Gasteiger partial charge on any atom is 0.139 e. The smallest absolute Gasteiger partial charge is 0.139 e. The Hall–Kier alpha value is -1.55. The van der Waals surface area contributed by atoms with E-state index in [4.69, 9.17) is 9.15 Å². The summed E-state index contributed by atoms with van der Waals surface area (Å²) in [5.41, 5.74) is 1.18. The van der Waals surface area contributed by atoms with Crippen LogP contribution in [0.3, 0.4) is 0 Å². The monoisotopic (exact) mass is 246 g/mol. The Morgan fingerprint density at radius 1 is 1.33 bits per heavy atom. The molecule has 1 saturated heterocycles. The molecule has 0 bridgehead atoms. The van der Waals surface area contributed by atoms with Gasteiger partial charge < -0.3 is 14.5 Å². The van der Waals surface area contributed by atoms with Crippen molar-refractivity contribution in [3.05, 3.63) is 24.6 Å². The van der Waals surface area contributed by atoms with Gasteiger partial charge in [-0.3, -0.25) is 0 Å². The minimum Gasteiger partial charge on any atom is -0.464 e. The highest BCUT2D eigenvalue weighted by Gasteiger charge is 2.27. The summed E-state index contributed by atoms with van der Waals surface area (Å²) in [6.45, 7) is 4.95. The molecule has 1 fully saturated rings. The van der Waals surface area contributed by atoms with Crippen LogP contribution in [-0.4, -0.2) is 24.7 Å². The maximum absolute atomic E-state index is 5.42. The molecule has 18 heavy (non-hydrogen) atoms. The largest absolute Gasteiger partial charge is 0.464 e. The van der Waals surface area contributed by atoms with E-state index in [9.17, 15) is 0 Å². The fourth-order valence-corrected chi connectivity index (χ4v) is 2.37. The van der Waals surface area contributed by atoms with Gasteiger partial charge in [-0.05, 0) is 30.4 Å². The third-order valence-corrected chi connectivity index (χ3v) is 3.76. The summed E-state index contributed by atoms with van der Waals surface area (Å²) >= 11 is 0. The second-order valence-corrected chi connectivity index (χ2v) is 5.27. The zero-order chi connectivity index (χ0) is 12.4. The van der Waals surface area contributed by atoms with E-state index in [1.54, 1.807) is 12.5 Å². The van der Waals surface area contributed by atoms with Crippen molar-refractivity contribution >= 4 is 16.8 Å². The molecule has 96 valence electrons. The average Bonchev–Trinajstić information content (AvgIpc) is 2.86. The number of ether oxygens (including phenoxy) is 1. The van der Waals surface area contributed by atoms with E-state index in [1.807, 2.05) is 12.1 Å². The first-order valence-electron chi connectivity index (χ1n) is 6.41. The van der Waals surface area contributed by atoms with Gasteiger partial charge in [-0.15, -0.1) is 0 Å². The van der Waals surface area contributed by atoms with E-state index in [2.05, 4.69) is 17.2 Å². The zero-order valence-corrected chi connectivity index (χ0v) is 10.6. The second kappa shape index (κ2) is 4.61. The summed E-state index contributed by atoms with van der Waals surface area (Å²) in [5, 5.41) is 4.51. The molecule has 0 spiro atoms. The van der Waals surface area contributed by atoms with Crippen molar-refractivity contribution in [2.24, 2.45) is 5.41 Å². The van der Waals surface area contributed by atoms with Gasteiger partial charge in [0.05, 0.1) is 11.6 Å². The molecule has 0 radical (unpaired) electrons. The van der Waals surface area contributed by atoms with Gasteiger partial charge >= 0.3 is 0 Å². The quantitative estimate of drug-likeness (QED) is 0.904. The number of pyridine rings is 1. The highest BCUT2D eigenvalue weighted by molar-refractivity contribution is 5.87. The van der Waals surface area contributed by atoms with Crippen molar-refractivity contribution in [3.8, 4) is 0 Å². The van der Waals surface area contributed by atoms with E-state index in [1.165, 1.54) is 0 Å². The van der Waals surface area contributed by atoms with Gasteiger partial charge in [0.2, 0.25) is 0 Å². The molecule has 0 amide bonds. The molecule has 0 aromatic carbocycles. The summed E-state index contributed by atoms with van der Waals surface area (Å²) < 4.78 is 10.8. The molecule has 1 aliphatic heterocycles. The van der Waals surface area contributed by atoms with E-state index >= 15 is 0 Å². The first-order valence-corrected chi connectivity index (χ1v) is 6.41. The molecule has 2 aromatic rings. The van der Waals surface area contributed by atoms with Crippen molar-refractivity contribution in [1.82, 2.24) is 4.98 Å². The zero-order valence-electron chi connectivity index (χ0n) is 10.6.